The van der Waals surface area contributed by atoms with Gasteiger partial charge in [-0.2, -0.15) is 0 Å². The van der Waals surface area contributed by atoms with Crippen LogP contribution in [0.5, 0.6) is 11.5 Å². The molecule has 5 heteroatoms. The summed E-state index contributed by atoms with van der Waals surface area (Å²) in [5, 5.41) is 2.84. The van der Waals surface area contributed by atoms with Gasteiger partial charge in [-0.15, -0.1) is 6.58 Å². The lowest BCUT2D eigenvalue weighted by atomic mass is 10.1. The van der Waals surface area contributed by atoms with Gasteiger partial charge in [-0.3, -0.25) is 4.79 Å². The van der Waals surface area contributed by atoms with Gasteiger partial charge in [0.05, 0.1) is 5.56 Å². The predicted octanol–water partition coefficient (Wildman–Crippen LogP) is 1.69. The van der Waals surface area contributed by atoms with Gasteiger partial charge in [0, 0.05) is 17.8 Å². The first-order chi connectivity index (χ1) is 8.61. The zero-order valence-electron chi connectivity index (χ0n) is 10.2. The van der Waals surface area contributed by atoms with E-state index in [1.807, 2.05) is 6.92 Å². The minimum Gasteiger partial charge on any atom is -0.454 e. The van der Waals surface area contributed by atoms with Crippen LogP contribution in [0, 0.1) is 0 Å². The van der Waals surface area contributed by atoms with E-state index in [4.69, 9.17) is 15.2 Å². The largest absolute Gasteiger partial charge is 0.454 e. The van der Waals surface area contributed by atoms with Crippen molar-refractivity contribution in [1.29, 1.82) is 0 Å². The highest BCUT2D eigenvalue weighted by Crippen LogP contribution is 2.35. The van der Waals surface area contributed by atoms with Gasteiger partial charge in [0.15, 0.2) is 11.5 Å². The molecule has 0 bridgehead atoms. The van der Waals surface area contributed by atoms with E-state index < -0.39 is 0 Å². The standard InChI is InChI=1S/C13H16N2O3/c1-3-4-8(2)15-13(16)9-5-11-12(6-10(9)14)18-7-17-11/h3,5-6,8H,1,4,7,14H2,2H3,(H,15,16). The molecule has 1 heterocycles. The van der Waals surface area contributed by atoms with Crippen LogP contribution in [0.1, 0.15) is 23.7 Å². The van der Waals surface area contributed by atoms with E-state index in [2.05, 4.69) is 11.9 Å². The van der Waals surface area contributed by atoms with Crippen LogP contribution in [0.25, 0.3) is 0 Å². The second-order valence-corrected chi connectivity index (χ2v) is 4.19. The molecule has 0 saturated carbocycles. The zero-order valence-corrected chi connectivity index (χ0v) is 10.2. The minimum atomic E-state index is -0.222. The summed E-state index contributed by atoms with van der Waals surface area (Å²) in [7, 11) is 0. The van der Waals surface area contributed by atoms with Crippen LogP contribution < -0.4 is 20.5 Å². The first-order valence-electron chi connectivity index (χ1n) is 5.72. The fraction of sp³-hybridized carbons (Fsp3) is 0.308. The number of benzene rings is 1. The van der Waals surface area contributed by atoms with Gasteiger partial charge in [-0.05, 0) is 19.4 Å². The summed E-state index contributed by atoms with van der Waals surface area (Å²) in [5.74, 6) is 0.897. The molecule has 2 rings (SSSR count). The van der Waals surface area contributed by atoms with Gasteiger partial charge in [0.2, 0.25) is 6.79 Å². The van der Waals surface area contributed by atoms with Gasteiger partial charge >= 0.3 is 0 Å². The number of nitrogen functional groups attached to an aromatic ring is 1. The predicted molar refractivity (Wildman–Crippen MR) is 68.7 cm³/mol. The minimum absolute atomic E-state index is 0.0137. The van der Waals surface area contributed by atoms with Crippen molar-refractivity contribution in [2.24, 2.45) is 0 Å². The molecule has 1 aliphatic heterocycles. The molecule has 1 unspecified atom stereocenters. The zero-order chi connectivity index (χ0) is 13.1. The molecule has 5 nitrogen and oxygen atoms in total. The van der Waals surface area contributed by atoms with Crippen LogP contribution in [0.4, 0.5) is 5.69 Å². The van der Waals surface area contributed by atoms with E-state index in [0.29, 0.717) is 29.2 Å². The maximum atomic E-state index is 12.0. The molecule has 0 spiro atoms. The Morgan fingerprint density at radius 2 is 2.22 bits per heavy atom. The normalized spacial score (nSPS) is 14.1. The van der Waals surface area contributed by atoms with Crippen LogP contribution in [0.3, 0.4) is 0 Å². The number of rotatable bonds is 4. The van der Waals surface area contributed by atoms with Gasteiger partial charge < -0.3 is 20.5 Å². The summed E-state index contributed by atoms with van der Waals surface area (Å²) in [6, 6.07) is 3.23. The fourth-order valence-electron chi connectivity index (χ4n) is 1.76. The highest BCUT2D eigenvalue weighted by Gasteiger charge is 2.20. The van der Waals surface area contributed by atoms with Crippen molar-refractivity contribution in [1.82, 2.24) is 5.32 Å². The molecular weight excluding hydrogens is 232 g/mol. The molecule has 1 aliphatic rings. The fourth-order valence-corrected chi connectivity index (χ4v) is 1.76. The van der Waals surface area contributed by atoms with E-state index >= 15 is 0 Å². The highest BCUT2D eigenvalue weighted by molar-refractivity contribution is 6.00. The number of ether oxygens (including phenoxy) is 2. The summed E-state index contributed by atoms with van der Waals surface area (Å²) in [5.41, 5.74) is 6.60. The number of anilines is 1. The summed E-state index contributed by atoms with van der Waals surface area (Å²) < 4.78 is 10.4. The molecule has 1 atom stereocenters. The topological polar surface area (TPSA) is 73.6 Å². The first kappa shape index (κ1) is 12.3. The Hall–Kier alpha value is -2.17. The van der Waals surface area contributed by atoms with Crippen molar-refractivity contribution in [2.45, 2.75) is 19.4 Å². The second-order valence-electron chi connectivity index (χ2n) is 4.19. The smallest absolute Gasteiger partial charge is 0.253 e. The molecule has 3 N–H and O–H groups in total. The van der Waals surface area contributed by atoms with E-state index in [1.165, 1.54) is 0 Å². The van der Waals surface area contributed by atoms with Crippen LogP contribution in [-0.2, 0) is 0 Å². The SMILES string of the molecule is C=CCC(C)NC(=O)c1cc2c(cc1N)OCO2. The van der Waals surface area contributed by atoms with Crippen molar-refractivity contribution >= 4 is 11.6 Å². The Bertz CT molecular complexity index is 485. The van der Waals surface area contributed by atoms with Crippen LogP contribution in [0.15, 0.2) is 24.8 Å². The quantitative estimate of drug-likeness (QED) is 0.628. The Labute approximate surface area is 106 Å². The summed E-state index contributed by atoms with van der Waals surface area (Å²) in [4.78, 5) is 12.0. The maximum Gasteiger partial charge on any atom is 0.253 e. The van der Waals surface area contributed by atoms with E-state index in [-0.39, 0.29) is 18.7 Å². The van der Waals surface area contributed by atoms with Gasteiger partial charge in [0.25, 0.3) is 5.91 Å². The highest BCUT2D eigenvalue weighted by atomic mass is 16.7. The summed E-state index contributed by atoms with van der Waals surface area (Å²) in [6.07, 6.45) is 2.46. The number of amides is 1. The molecular formula is C13H16N2O3. The summed E-state index contributed by atoms with van der Waals surface area (Å²) >= 11 is 0. The third kappa shape index (κ3) is 2.40. The third-order valence-corrected chi connectivity index (χ3v) is 2.69. The Kier molecular flexibility index (Phi) is 3.41. The lowest BCUT2D eigenvalue weighted by Gasteiger charge is -2.13. The molecule has 1 aromatic rings. The molecule has 0 aliphatic carbocycles. The average Bonchev–Trinajstić information content (AvgIpc) is 2.74. The van der Waals surface area contributed by atoms with Crippen LogP contribution in [-0.4, -0.2) is 18.7 Å². The van der Waals surface area contributed by atoms with Crippen LogP contribution >= 0.6 is 0 Å². The lowest BCUT2D eigenvalue weighted by molar-refractivity contribution is 0.0941. The number of nitrogens with one attached hydrogen (secondary N) is 1. The number of nitrogens with two attached hydrogens (primary N) is 1. The van der Waals surface area contributed by atoms with Crippen LogP contribution in [0.2, 0.25) is 0 Å². The number of hydrogen-bond acceptors (Lipinski definition) is 4. The molecule has 0 fully saturated rings. The van der Waals surface area contributed by atoms with Crippen molar-refractivity contribution in [2.75, 3.05) is 12.5 Å². The maximum absolute atomic E-state index is 12.0. The molecule has 1 amide bonds. The van der Waals surface area contributed by atoms with Crippen molar-refractivity contribution < 1.29 is 14.3 Å². The molecule has 96 valence electrons. The number of carbonyl (C=O) groups is 1. The lowest BCUT2D eigenvalue weighted by Crippen LogP contribution is -2.32. The third-order valence-electron chi connectivity index (χ3n) is 2.69. The van der Waals surface area contributed by atoms with Gasteiger partial charge in [0.1, 0.15) is 0 Å². The number of hydrogen-bond donors (Lipinski definition) is 2. The summed E-state index contributed by atoms with van der Waals surface area (Å²) in [6.45, 7) is 5.70. The number of carbonyl (C=O) groups excluding carboxylic acids is 1. The van der Waals surface area contributed by atoms with Crippen molar-refractivity contribution in [3.05, 3.63) is 30.4 Å². The van der Waals surface area contributed by atoms with E-state index in [1.54, 1.807) is 18.2 Å². The van der Waals surface area contributed by atoms with Gasteiger partial charge in [-0.25, -0.2) is 0 Å². The van der Waals surface area contributed by atoms with Gasteiger partial charge in [-0.1, -0.05) is 6.08 Å². The first-order valence-corrected chi connectivity index (χ1v) is 5.72. The average molecular weight is 248 g/mol. The Morgan fingerprint density at radius 3 is 2.89 bits per heavy atom. The Balaban J connectivity index is 2.17. The molecule has 0 radical (unpaired) electrons. The second kappa shape index (κ2) is 5.00. The van der Waals surface area contributed by atoms with Crippen molar-refractivity contribution in [3.63, 3.8) is 0 Å². The molecule has 18 heavy (non-hydrogen) atoms. The number of fused-ring (bicyclic) bond motifs is 1. The van der Waals surface area contributed by atoms with E-state index in [9.17, 15) is 4.79 Å². The molecule has 0 saturated heterocycles. The van der Waals surface area contributed by atoms with E-state index in [0.717, 1.165) is 0 Å². The van der Waals surface area contributed by atoms with Crippen molar-refractivity contribution in [3.8, 4) is 11.5 Å². The molecule has 0 aromatic heterocycles. The monoisotopic (exact) mass is 248 g/mol. The Morgan fingerprint density at radius 1 is 1.56 bits per heavy atom. The molecule has 1 aromatic carbocycles.